The maximum atomic E-state index is 13.4. The van der Waals surface area contributed by atoms with Crippen LogP contribution in [0.1, 0.15) is 47.4 Å². The molecule has 1 amide bonds. The lowest BCUT2D eigenvalue weighted by Gasteiger charge is -2.31. The lowest BCUT2D eigenvalue weighted by atomic mass is 9.90. The first-order valence-corrected chi connectivity index (χ1v) is 11.8. The van der Waals surface area contributed by atoms with Gasteiger partial charge in [0.15, 0.2) is 0 Å². The zero-order valence-electron chi connectivity index (χ0n) is 19.6. The van der Waals surface area contributed by atoms with Crippen LogP contribution in [0.4, 0.5) is 18.9 Å². The molecule has 2 N–H and O–H groups in total. The summed E-state index contributed by atoms with van der Waals surface area (Å²) in [6, 6.07) is 15.7. The summed E-state index contributed by atoms with van der Waals surface area (Å²) in [7, 11) is 1.88. The number of amides is 1. The minimum atomic E-state index is -4.53. The zero-order chi connectivity index (χ0) is 24.7. The third-order valence-corrected chi connectivity index (χ3v) is 6.91. The summed E-state index contributed by atoms with van der Waals surface area (Å²) < 4.78 is 42.2. The number of para-hydroxylation sites is 1. The van der Waals surface area contributed by atoms with Crippen molar-refractivity contribution < 1.29 is 18.0 Å². The number of aryl methyl sites for hydroxylation is 2. The Balaban J connectivity index is 1.34. The number of anilines is 1. The fourth-order valence-electron chi connectivity index (χ4n) is 5.10. The Morgan fingerprint density at radius 1 is 1.03 bits per heavy atom. The Morgan fingerprint density at radius 3 is 2.57 bits per heavy atom. The molecular formula is C27H27F3N4O. The number of nitrogens with zero attached hydrogens (tertiary/aromatic N) is 2. The highest BCUT2D eigenvalue weighted by Crippen LogP contribution is 2.34. The van der Waals surface area contributed by atoms with Gasteiger partial charge in [0, 0.05) is 41.1 Å². The molecule has 35 heavy (non-hydrogen) atoms. The number of alkyl halides is 3. The van der Waals surface area contributed by atoms with Gasteiger partial charge in [-0.3, -0.25) is 4.79 Å². The normalized spacial score (nSPS) is 18.7. The van der Waals surface area contributed by atoms with Crippen LogP contribution in [0.5, 0.6) is 0 Å². The van der Waals surface area contributed by atoms with Crippen LogP contribution in [0.3, 0.4) is 0 Å². The maximum absolute atomic E-state index is 13.4. The molecule has 1 aliphatic carbocycles. The monoisotopic (exact) mass is 480 g/mol. The number of halogens is 3. The Morgan fingerprint density at radius 2 is 1.80 bits per heavy atom. The molecule has 8 heteroatoms. The van der Waals surface area contributed by atoms with Gasteiger partial charge in [0.2, 0.25) is 0 Å². The van der Waals surface area contributed by atoms with Gasteiger partial charge in [0.25, 0.3) is 5.91 Å². The van der Waals surface area contributed by atoms with Crippen LogP contribution in [0.25, 0.3) is 21.8 Å². The van der Waals surface area contributed by atoms with E-state index >= 15 is 0 Å². The first kappa shape index (κ1) is 23.2. The molecule has 0 radical (unpaired) electrons. The number of rotatable bonds is 4. The van der Waals surface area contributed by atoms with Crippen molar-refractivity contribution in [3.05, 3.63) is 71.5 Å². The van der Waals surface area contributed by atoms with Crippen LogP contribution < -0.4 is 10.6 Å². The first-order chi connectivity index (χ1) is 16.7. The highest BCUT2D eigenvalue weighted by molar-refractivity contribution is 5.99. The van der Waals surface area contributed by atoms with E-state index in [0.29, 0.717) is 28.7 Å². The van der Waals surface area contributed by atoms with Crippen LogP contribution in [0.15, 0.2) is 54.6 Å². The lowest BCUT2D eigenvalue weighted by molar-refractivity contribution is -0.140. The minimum absolute atomic E-state index is 0.0596. The minimum Gasteiger partial charge on any atom is -0.382 e. The second-order valence-electron chi connectivity index (χ2n) is 9.34. The van der Waals surface area contributed by atoms with Gasteiger partial charge in [-0.1, -0.05) is 30.3 Å². The predicted molar refractivity (Wildman–Crippen MR) is 132 cm³/mol. The van der Waals surface area contributed by atoms with Crippen molar-refractivity contribution in [2.24, 2.45) is 7.05 Å². The van der Waals surface area contributed by atoms with Crippen molar-refractivity contribution in [2.75, 3.05) is 5.32 Å². The van der Waals surface area contributed by atoms with Crippen LogP contribution in [-0.2, 0) is 13.2 Å². The Kier molecular flexibility index (Phi) is 5.91. The quantitative estimate of drug-likeness (QED) is 0.365. The Labute approximate surface area is 201 Å². The molecule has 5 nitrogen and oxygen atoms in total. The van der Waals surface area contributed by atoms with Crippen molar-refractivity contribution in [1.82, 2.24) is 14.9 Å². The first-order valence-electron chi connectivity index (χ1n) is 11.8. The summed E-state index contributed by atoms with van der Waals surface area (Å²) in [4.78, 5) is 16.9. The number of benzene rings is 2. The summed E-state index contributed by atoms with van der Waals surface area (Å²) in [6.45, 7) is 2.02. The van der Waals surface area contributed by atoms with E-state index in [9.17, 15) is 18.0 Å². The molecule has 2 atom stereocenters. The molecule has 1 aliphatic rings. The average Bonchev–Trinajstić information content (AvgIpc) is 3.17. The standard InChI is InChI=1S/C27H27F3N4O/c1-16-7-5-12-23-20(16)14-24(34(23)2)26(35)32-18-9-6-8-17(13-18)31-22-15-25(27(28,29)30)33-21-11-4-3-10-19(21)22/h3-5,7,10-12,14-15,17-18H,6,8-9,13H2,1-2H3,(H,31,33)(H,32,35)/t17-,18+/m0/s1. The molecule has 0 saturated heterocycles. The molecule has 4 aromatic rings. The van der Waals surface area contributed by atoms with E-state index in [4.69, 9.17) is 0 Å². The van der Waals surface area contributed by atoms with E-state index in [1.165, 1.54) is 0 Å². The number of nitrogens with one attached hydrogen (secondary N) is 2. The smallest absolute Gasteiger partial charge is 0.382 e. The molecule has 0 unspecified atom stereocenters. The Bertz CT molecular complexity index is 1410. The van der Waals surface area contributed by atoms with E-state index in [1.54, 1.807) is 24.3 Å². The van der Waals surface area contributed by atoms with Gasteiger partial charge in [-0.05, 0) is 62.4 Å². The van der Waals surface area contributed by atoms with E-state index in [2.05, 4.69) is 15.6 Å². The molecule has 2 aromatic heterocycles. The largest absolute Gasteiger partial charge is 0.433 e. The topological polar surface area (TPSA) is 59.0 Å². The van der Waals surface area contributed by atoms with Gasteiger partial charge in [-0.2, -0.15) is 13.2 Å². The second-order valence-corrected chi connectivity index (χ2v) is 9.34. The number of carbonyl (C=O) groups excluding carboxylic acids is 1. The van der Waals surface area contributed by atoms with Gasteiger partial charge in [-0.15, -0.1) is 0 Å². The van der Waals surface area contributed by atoms with Gasteiger partial charge < -0.3 is 15.2 Å². The number of aromatic nitrogens is 2. The van der Waals surface area contributed by atoms with Crippen LogP contribution in [0, 0.1) is 6.92 Å². The fourth-order valence-corrected chi connectivity index (χ4v) is 5.10. The number of carbonyl (C=O) groups is 1. The summed E-state index contributed by atoms with van der Waals surface area (Å²) in [5.74, 6) is -0.137. The highest BCUT2D eigenvalue weighted by Gasteiger charge is 2.34. The number of pyridine rings is 1. The van der Waals surface area contributed by atoms with E-state index in [1.807, 2.05) is 42.8 Å². The molecule has 1 saturated carbocycles. The van der Waals surface area contributed by atoms with E-state index in [-0.39, 0.29) is 18.0 Å². The van der Waals surface area contributed by atoms with E-state index in [0.717, 1.165) is 41.8 Å². The second kappa shape index (κ2) is 8.91. The summed E-state index contributed by atoms with van der Waals surface area (Å²) >= 11 is 0. The summed E-state index contributed by atoms with van der Waals surface area (Å²) in [5.41, 5.74) is 2.52. The SMILES string of the molecule is Cc1cccc2c1cc(C(=O)N[C@@H]1CCC[C@H](Nc3cc(C(F)(F)F)nc4ccccc34)C1)n2C. The Hall–Kier alpha value is -3.55. The third-order valence-electron chi connectivity index (χ3n) is 6.91. The molecular weight excluding hydrogens is 453 g/mol. The third kappa shape index (κ3) is 4.57. The lowest BCUT2D eigenvalue weighted by Crippen LogP contribution is -2.42. The van der Waals surface area contributed by atoms with Crippen molar-refractivity contribution >= 4 is 33.4 Å². The van der Waals surface area contributed by atoms with Gasteiger partial charge in [-0.25, -0.2) is 4.98 Å². The molecule has 0 spiro atoms. The maximum Gasteiger partial charge on any atom is 0.433 e. The number of fused-ring (bicyclic) bond motifs is 2. The molecule has 2 heterocycles. The fraction of sp³-hybridized carbons (Fsp3) is 0.333. The molecule has 2 aromatic carbocycles. The van der Waals surface area contributed by atoms with Crippen LogP contribution in [-0.4, -0.2) is 27.5 Å². The zero-order valence-corrected chi connectivity index (χ0v) is 19.6. The molecule has 182 valence electrons. The molecule has 1 fully saturated rings. The predicted octanol–water partition coefficient (Wildman–Crippen LogP) is 6.21. The van der Waals surface area contributed by atoms with Crippen LogP contribution >= 0.6 is 0 Å². The average molecular weight is 481 g/mol. The van der Waals surface area contributed by atoms with Crippen LogP contribution in [0.2, 0.25) is 0 Å². The van der Waals surface area contributed by atoms with Crippen molar-refractivity contribution in [2.45, 2.75) is 50.9 Å². The summed E-state index contributed by atoms with van der Waals surface area (Å²) in [5, 5.41) is 8.18. The van der Waals surface area contributed by atoms with Gasteiger partial charge in [0.05, 0.1) is 5.52 Å². The number of hydrogen-bond acceptors (Lipinski definition) is 3. The van der Waals surface area contributed by atoms with E-state index < -0.39 is 11.9 Å². The number of hydrogen-bond donors (Lipinski definition) is 2. The molecule has 5 rings (SSSR count). The van der Waals surface area contributed by atoms with Crippen molar-refractivity contribution in [1.29, 1.82) is 0 Å². The highest BCUT2D eigenvalue weighted by atomic mass is 19.4. The van der Waals surface area contributed by atoms with Crippen molar-refractivity contribution in [3.8, 4) is 0 Å². The van der Waals surface area contributed by atoms with Gasteiger partial charge in [0.1, 0.15) is 11.4 Å². The molecule has 0 bridgehead atoms. The van der Waals surface area contributed by atoms with Gasteiger partial charge >= 0.3 is 6.18 Å². The van der Waals surface area contributed by atoms with Crippen molar-refractivity contribution in [3.63, 3.8) is 0 Å². The summed E-state index contributed by atoms with van der Waals surface area (Å²) in [6.07, 6.45) is -1.38. The molecule has 0 aliphatic heterocycles.